The molecule has 0 aliphatic rings. The molecule has 2 atom stereocenters. The number of rotatable bonds is 7. The molecule has 1 N–H and O–H groups in total. The Labute approximate surface area is 88.2 Å². The maximum Gasteiger partial charge on any atom is 0.154 e. The second kappa shape index (κ2) is 6.40. The van der Waals surface area contributed by atoms with Gasteiger partial charge in [0.2, 0.25) is 0 Å². The minimum Gasteiger partial charge on any atom is -0.313 e. The van der Waals surface area contributed by atoms with Gasteiger partial charge >= 0.3 is 0 Å². The molecule has 0 aromatic heterocycles. The predicted octanol–water partition coefficient (Wildman–Crippen LogP) is 1.59. The van der Waals surface area contributed by atoms with E-state index in [0.29, 0.717) is 12.2 Å². The van der Waals surface area contributed by atoms with Gasteiger partial charge in [0.05, 0.1) is 11.0 Å². The summed E-state index contributed by atoms with van der Waals surface area (Å²) in [6, 6.07) is 0.0940. The fraction of sp³-hybridized carbons (Fsp3) is 1.00. The highest BCUT2D eigenvalue weighted by molar-refractivity contribution is 7.92. The lowest BCUT2D eigenvalue weighted by molar-refractivity contribution is 0.482. The Bertz CT molecular complexity index is 237. The number of sulfone groups is 1. The van der Waals surface area contributed by atoms with Crippen LogP contribution in [-0.4, -0.2) is 32.0 Å². The van der Waals surface area contributed by atoms with Gasteiger partial charge in [-0.25, -0.2) is 8.42 Å². The third kappa shape index (κ3) is 3.96. The summed E-state index contributed by atoms with van der Waals surface area (Å²) in [5.41, 5.74) is 0. The molecule has 0 aromatic rings. The summed E-state index contributed by atoms with van der Waals surface area (Å²) in [5.74, 6) is 0.302. The first-order valence-corrected chi connectivity index (χ1v) is 7.16. The van der Waals surface area contributed by atoms with Crippen molar-refractivity contribution in [3.05, 3.63) is 0 Å². The van der Waals surface area contributed by atoms with Crippen molar-refractivity contribution in [2.45, 2.75) is 51.8 Å². The molecule has 86 valence electrons. The van der Waals surface area contributed by atoms with Gasteiger partial charge in [0.15, 0.2) is 9.84 Å². The van der Waals surface area contributed by atoms with Crippen LogP contribution < -0.4 is 5.32 Å². The van der Waals surface area contributed by atoms with Crippen molar-refractivity contribution in [3.63, 3.8) is 0 Å². The molecule has 0 aliphatic heterocycles. The van der Waals surface area contributed by atoms with Crippen molar-refractivity contribution in [1.29, 1.82) is 0 Å². The van der Waals surface area contributed by atoms with E-state index in [-0.39, 0.29) is 11.3 Å². The third-order valence-corrected chi connectivity index (χ3v) is 4.97. The molecule has 0 saturated heterocycles. The minimum atomic E-state index is -2.91. The summed E-state index contributed by atoms with van der Waals surface area (Å²) in [5, 5.41) is 2.95. The van der Waals surface area contributed by atoms with Gasteiger partial charge in [-0.1, -0.05) is 20.8 Å². The van der Waals surface area contributed by atoms with Crippen molar-refractivity contribution < 1.29 is 8.42 Å². The predicted molar refractivity (Wildman–Crippen MR) is 61.3 cm³/mol. The standard InChI is InChI=1S/C10H23NO2S/c1-5-8-14(12,13)9(4)10(6-2)11-7-3/h9-11H,5-8H2,1-4H3. The highest BCUT2D eigenvalue weighted by atomic mass is 32.2. The SMILES string of the molecule is CCCS(=O)(=O)C(C)C(CC)NCC. The van der Waals surface area contributed by atoms with Crippen LogP contribution in [0.2, 0.25) is 0 Å². The molecule has 0 spiro atoms. The first kappa shape index (κ1) is 13.9. The van der Waals surface area contributed by atoms with E-state index in [1.807, 2.05) is 27.7 Å². The molecule has 0 bridgehead atoms. The summed E-state index contributed by atoms with van der Waals surface area (Å²) in [7, 11) is -2.91. The monoisotopic (exact) mass is 221 g/mol. The van der Waals surface area contributed by atoms with Crippen LogP contribution in [0.4, 0.5) is 0 Å². The normalized spacial score (nSPS) is 16.6. The maximum absolute atomic E-state index is 11.8. The Hall–Kier alpha value is -0.0900. The Balaban J connectivity index is 4.47. The Morgan fingerprint density at radius 2 is 1.79 bits per heavy atom. The molecule has 0 rings (SSSR count). The first-order valence-electron chi connectivity index (χ1n) is 5.44. The minimum absolute atomic E-state index is 0.0940. The van der Waals surface area contributed by atoms with E-state index in [2.05, 4.69) is 5.32 Å². The lowest BCUT2D eigenvalue weighted by Crippen LogP contribution is -2.42. The van der Waals surface area contributed by atoms with Crippen LogP contribution in [0.15, 0.2) is 0 Å². The molecule has 0 radical (unpaired) electrons. The van der Waals surface area contributed by atoms with Gasteiger partial charge in [0.25, 0.3) is 0 Å². The molecular formula is C10H23NO2S. The van der Waals surface area contributed by atoms with Crippen LogP contribution in [0.5, 0.6) is 0 Å². The van der Waals surface area contributed by atoms with Crippen molar-refractivity contribution in [3.8, 4) is 0 Å². The van der Waals surface area contributed by atoms with Crippen molar-refractivity contribution in [2.24, 2.45) is 0 Å². The van der Waals surface area contributed by atoms with Crippen molar-refractivity contribution >= 4 is 9.84 Å². The molecule has 3 nitrogen and oxygen atoms in total. The number of hydrogen-bond acceptors (Lipinski definition) is 3. The quantitative estimate of drug-likeness (QED) is 0.710. The summed E-state index contributed by atoms with van der Waals surface area (Å²) in [4.78, 5) is 0. The van der Waals surface area contributed by atoms with Gasteiger partial charge in [-0.2, -0.15) is 0 Å². The number of nitrogens with one attached hydrogen (secondary N) is 1. The van der Waals surface area contributed by atoms with E-state index in [1.165, 1.54) is 0 Å². The van der Waals surface area contributed by atoms with Gasteiger partial charge in [0, 0.05) is 6.04 Å². The zero-order valence-corrected chi connectivity index (χ0v) is 10.5. The summed E-state index contributed by atoms with van der Waals surface area (Å²) in [6.07, 6.45) is 1.56. The van der Waals surface area contributed by atoms with E-state index >= 15 is 0 Å². The lowest BCUT2D eigenvalue weighted by Gasteiger charge is -2.23. The van der Waals surface area contributed by atoms with Gasteiger partial charge in [-0.3, -0.25) is 0 Å². The van der Waals surface area contributed by atoms with E-state index < -0.39 is 9.84 Å². The Morgan fingerprint density at radius 1 is 1.21 bits per heavy atom. The molecule has 0 fully saturated rings. The Kier molecular flexibility index (Phi) is 6.36. The molecule has 14 heavy (non-hydrogen) atoms. The van der Waals surface area contributed by atoms with Crippen molar-refractivity contribution in [2.75, 3.05) is 12.3 Å². The van der Waals surface area contributed by atoms with Crippen LogP contribution in [0.25, 0.3) is 0 Å². The second-order valence-electron chi connectivity index (χ2n) is 3.64. The highest BCUT2D eigenvalue weighted by Gasteiger charge is 2.26. The maximum atomic E-state index is 11.8. The topological polar surface area (TPSA) is 46.2 Å². The molecule has 0 saturated carbocycles. The van der Waals surface area contributed by atoms with E-state index in [4.69, 9.17) is 0 Å². The van der Waals surface area contributed by atoms with Gasteiger partial charge in [-0.15, -0.1) is 0 Å². The molecule has 4 heteroatoms. The average Bonchev–Trinajstić information content (AvgIpc) is 2.13. The molecule has 0 heterocycles. The van der Waals surface area contributed by atoms with E-state index in [0.717, 1.165) is 13.0 Å². The van der Waals surface area contributed by atoms with E-state index in [9.17, 15) is 8.42 Å². The van der Waals surface area contributed by atoms with Crippen LogP contribution in [-0.2, 0) is 9.84 Å². The second-order valence-corrected chi connectivity index (χ2v) is 6.12. The van der Waals surface area contributed by atoms with Crippen LogP contribution >= 0.6 is 0 Å². The fourth-order valence-corrected chi connectivity index (χ4v) is 3.36. The summed E-state index contributed by atoms with van der Waals surface area (Å²) in [6.45, 7) is 8.55. The van der Waals surface area contributed by atoms with Gasteiger partial charge < -0.3 is 5.32 Å². The van der Waals surface area contributed by atoms with Crippen LogP contribution in [0.3, 0.4) is 0 Å². The van der Waals surface area contributed by atoms with Gasteiger partial charge in [0.1, 0.15) is 0 Å². The molecule has 0 amide bonds. The zero-order valence-electron chi connectivity index (χ0n) is 9.71. The molecular weight excluding hydrogens is 198 g/mol. The summed E-state index contributed by atoms with van der Waals surface area (Å²) >= 11 is 0. The smallest absolute Gasteiger partial charge is 0.154 e. The zero-order chi connectivity index (χ0) is 11.2. The number of hydrogen-bond donors (Lipinski definition) is 1. The van der Waals surface area contributed by atoms with Crippen molar-refractivity contribution in [1.82, 2.24) is 5.32 Å². The fourth-order valence-electron chi connectivity index (χ4n) is 1.63. The Morgan fingerprint density at radius 3 is 2.14 bits per heavy atom. The lowest BCUT2D eigenvalue weighted by atomic mass is 10.2. The molecule has 0 aromatic carbocycles. The largest absolute Gasteiger partial charge is 0.313 e. The highest BCUT2D eigenvalue weighted by Crippen LogP contribution is 2.11. The molecule has 0 aliphatic carbocycles. The van der Waals surface area contributed by atoms with Crippen LogP contribution in [0.1, 0.15) is 40.5 Å². The van der Waals surface area contributed by atoms with Gasteiger partial charge in [-0.05, 0) is 26.3 Å². The average molecular weight is 221 g/mol. The molecule has 2 unspecified atom stereocenters. The van der Waals surface area contributed by atoms with Crippen LogP contribution in [0, 0.1) is 0 Å². The third-order valence-electron chi connectivity index (χ3n) is 2.53. The van der Waals surface area contributed by atoms with E-state index in [1.54, 1.807) is 0 Å². The summed E-state index contributed by atoms with van der Waals surface area (Å²) < 4.78 is 23.5. The first-order chi connectivity index (χ1) is 6.49.